The molecule has 0 fully saturated rings. The molecule has 1 unspecified atom stereocenters. The van der Waals surface area contributed by atoms with E-state index in [-0.39, 0.29) is 6.17 Å². The van der Waals surface area contributed by atoms with Crippen LogP contribution in [-0.2, 0) is 0 Å². The van der Waals surface area contributed by atoms with Crippen molar-refractivity contribution in [1.82, 2.24) is 9.88 Å². The molecule has 8 aromatic carbocycles. The number of aliphatic imine (C=N–C) groups is 2. The zero-order chi connectivity index (χ0) is 37.5. The first-order valence-electron chi connectivity index (χ1n) is 19.2. The van der Waals surface area contributed by atoms with Gasteiger partial charge in [0.25, 0.3) is 0 Å². The second-order valence-corrected chi connectivity index (χ2v) is 14.6. The fourth-order valence-electron chi connectivity index (χ4n) is 8.59. The Morgan fingerprint density at radius 2 is 1.09 bits per heavy atom. The van der Waals surface area contributed by atoms with Crippen molar-refractivity contribution in [2.24, 2.45) is 9.98 Å². The van der Waals surface area contributed by atoms with E-state index in [0.717, 1.165) is 83.2 Å². The third kappa shape index (κ3) is 5.04. The third-order valence-corrected chi connectivity index (χ3v) is 11.3. The van der Waals surface area contributed by atoms with Gasteiger partial charge in [-0.2, -0.15) is 0 Å². The molecule has 0 bridgehead atoms. The zero-order valence-corrected chi connectivity index (χ0v) is 30.6. The Morgan fingerprint density at radius 1 is 0.456 bits per heavy atom. The minimum Gasteiger partial charge on any atom is -0.456 e. The van der Waals surface area contributed by atoms with Crippen LogP contribution in [0.15, 0.2) is 201 Å². The highest BCUT2D eigenvalue weighted by molar-refractivity contribution is 6.18. The van der Waals surface area contributed by atoms with Gasteiger partial charge >= 0.3 is 0 Å². The van der Waals surface area contributed by atoms with E-state index < -0.39 is 0 Å². The Morgan fingerprint density at radius 3 is 1.93 bits per heavy atom. The fraction of sp³-hybridized carbons (Fsp3) is 0.0196. The molecule has 0 aliphatic carbocycles. The molecule has 0 radical (unpaired) electrons. The second-order valence-electron chi connectivity index (χ2n) is 14.6. The van der Waals surface area contributed by atoms with Crippen LogP contribution in [0, 0.1) is 0 Å². The molecular formula is C51H32N4O2. The smallest absolute Gasteiger partial charge is 0.159 e. The molecule has 4 heterocycles. The summed E-state index contributed by atoms with van der Waals surface area (Å²) in [6.07, 6.45) is -0.325. The molecule has 12 rings (SSSR count). The molecule has 3 aromatic heterocycles. The van der Waals surface area contributed by atoms with Crippen molar-refractivity contribution in [3.05, 3.63) is 199 Å². The van der Waals surface area contributed by atoms with Crippen molar-refractivity contribution in [2.45, 2.75) is 6.17 Å². The van der Waals surface area contributed by atoms with Gasteiger partial charge in [0, 0.05) is 54.7 Å². The lowest BCUT2D eigenvalue weighted by atomic mass is 10.00. The number of amidine groups is 2. The van der Waals surface area contributed by atoms with Crippen LogP contribution < -0.4 is 5.32 Å². The van der Waals surface area contributed by atoms with E-state index in [9.17, 15) is 0 Å². The lowest BCUT2D eigenvalue weighted by molar-refractivity contribution is 0.667. The number of nitrogens with one attached hydrogen (secondary N) is 1. The number of hydrogen-bond donors (Lipinski definition) is 1. The molecule has 1 aliphatic heterocycles. The number of benzene rings is 8. The molecule has 57 heavy (non-hydrogen) atoms. The molecule has 0 spiro atoms. The Hall–Kier alpha value is -7.70. The summed E-state index contributed by atoms with van der Waals surface area (Å²) in [5.74, 6) is 1.38. The van der Waals surface area contributed by atoms with Crippen molar-refractivity contribution < 1.29 is 8.83 Å². The van der Waals surface area contributed by atoms with Crippen LogP contribution in [0.4, 0.5) is 0 Å². The standard InChI is InChI=1S/C51H32N4O2/c1-3-12-31(13-4-1)49-52-50(54-51(53-49)34-23-26-39-38-17-8-10-21-44(38)56-47(39)30-34)33-24-27-45-42(28-33)40-25-22-32(29-46(40)57-45)36-18-11-19-41-37-16-7-9-20-43(37)55(48(36)41)35-14-5-2-6-15-35/h1-30,49H,(H,52,53,54). The van der Waals surface area contributed by atoms with Gasteiger partial charge in [0.05, 0.1) is 11.0 Å². The normalized spacial score (nSPS) is 14.5. The molecular weight excluding hydrogens is 701 g/mol. The lowest BCUT2D eigenvalue weighted by Crippen LogP contribution is -2.33. The van der Waals surface area contributed by atoms with Gasteiger partial charge in [-0.25, -0.2) is 9.98 Å². The third-order valence-electron chi connectivity index (χ3n) is 11.3. The zero-order valence-electron chi connectivity index (χ0n) is 30.6. The Bertz CT molecular complexity index is 3440. The minimum absolute atomic E-state index is 0.325. The molecule has 11 aromatic rings. The average molecular weight is 733 g/mol. The van der Waals surface area contributed by atoms with Gasteiger partial charge in [0.15, 0.2) is 5.84 Å². The Kier molecular flexibility index (Phi) is 6.89. The summed E-state index contributed by atoms with van der Waals surface area (Å²) >= 11 is 0. The quantitative estimate of drug-likeness (QED) is 0.192. The molecule has 1 aliphatic rings. The predicted molar refractivity (Wildman–Crippen MR) is 233 cm³/mol. The van der Waals surface area contributed by atoms with E-state index in [0.29, 0.717) is 5.84 Å². The highest BCUT2D eigenvalue weighted by Crippen LogP contribution is 2.40. The topological polar surface area (TPSA) is 68.0 Å². The average Bonchev–Trinajstić information content (AvgIpc) is 3.95. The van der Waals surface area contributed by atoms with E-state index in [1.807, 2.05) is 48.5 Å². The van der Waals surface area contributed by atoms with Gasteiger partial charge < -0.3 is 18.7 Å². The summed E-state index contributed by atoms with van der Waals surface area (Å²) in [5.41, 5.74) is 12.0. The summed E-state index contributed by atoms with van der Waals surface area (Å²) in [6.45, 7) is 0. The Balaban J connectivity index is 0.972. The number of rotatable bonds is 5. The van der Waals surface area contributed by atoms with Crippen molar-refractivity contribution >= 4 is 77.4 Å². The van der Waals surface area contributed by atoms with Crippen LogP contribution in [0.2, 0.25) is 0 Å². The van der Waals surface area contributed by atoms with Crippen molar-refractivity contribution in [3.8, 4) is 16.8 Å². The predicted octanol–water partition coefficient (Wildman–Crippen LogP) is 12.7. The molecule has 0 saturated heterocycles. The summed E-state index contributed by atoms with van der Waals surface area (Å²) in [6, 6.07) is 63.3. The highest BCUT2D eigenvalue weighted by atomic mass is 16.3. The lowest BCUT2D eigenvalue weighted by Gasteiger charge is -2.23. The van der Waals surface area contributed by atoms with Crippen molar-refractivity contribution in [1.29, 1.82) is 0 Å². The molecule has 0 saturated carbocycles. The maximum Gasteiger partial charge on any atom is 0.159 e. The monoisotopic (exact) mass is 732 g/mol. The fourth-order valence-corrected chi connectivity index (χ4v) is 8.59. The van der Waals surface area contributed by atoms with Gasteiger partial charge in [-0.1, -0.05) is 115 Å². The second kappa shape index (κ2) is 12.4. The highest BCUT2D eigenvalue weighted by Gasteiger charge is 2.23. The number of furan rings is 2. The van der Waals surface area contributed by atoms with Gasteiger partial charge in [-0.05, 0) is 77.9 Å². The van der Waals surface area contributed by atoms with Crippen LogP contribution in [0.3, 0.4) is 0 Å². The largest absolute Gasteiger partial charge is 0.456 e. The SMILES string of the molecule is c1ccc(C2N=C(c3ccc4c(c3)oc3ccccc34)N=C(c3ccc4oc5cc(-c6cccc7c8ccccc8n(-c8ccccc8)c67)ccc5c4c3)N2)cc1. The number of aromatic nitrogens is 1. The number of nitrogens with zero attached hydrogens (tertiary/aromatic N) is 3. The molecule has 1 N–H and O–H groups in total. The van der Waals surface area contributed by atoms with Crippen LogP contribution >= 0.6 is 0 Å². The molecule has 6 heteroatoms. The first kappa shape index (κ1) is 31.6. The number of fused-ring (bicyclic) bond motifs is 9. The van der Waals surface area contributed by atoms with Gasteiger partial charge in [-0.3, -0.25) is 0 Å². The minimum atomic E-state index is -0.325. The Labute approximate surface area is 326 Å². The first-order chi connectivity index (χ1) is 28.2. The summed E-state index contributed by atoms with van der Waals surface area (Å²) in [5, 5.41) is 10.3. The first-order valence-corrected chi connectivity index (χ1v) is 19.2. The maximum absolute atomic E-state index is 6.59. The molecule has 1 atom stereocenters. The van der Waals surface area contributed by atoms with Gasteiger partial charge in [-0.15, -0.1) is 0 Å². The molecule has 268 valence electrons. The molecule has 6 nitrogen and oxygen atoms in total. The van der Waals surface area contributed by atoms with E-state index >= 15 is 0 Å². The van der Waals surface area contributed by atoms with Crippen LogP contribution in [-0.4, -0.2) is 16.2 Å². The summed E-state index contributed by atoms with van der Waals surface area (Å²) in [4.78, 5) is 10.3. The van der Waals surface area contributed by atoms with Crippen molar-refractivity contribution in [3.63, 3.8) is 0 Å². The number of hydrogen-bond acceptors (Lipinski definition) is 5. The van der Waals surface area contributed by atoms with E-state index in [1.165, 1.54) is 21.8 Å². The van der Waals surface area contributed by atoms with Gasteiger partial charge in [0.2, 0.25) is 0 Å². The van der Waals surface area contributed by atoms with E-state index in [4.69, 9.17) is 18.8 Å². The summed E-state index contributed by atoms with van der Waals surface area (Å²) in [7, 11) is 0. The molecule has 0 amide bonds. The van der Waals surface area contributed by atoms with Gasteiger partial charge in [0.1, 0.15) is 34.3 Å². The van der Waals surface area contributed by atoms with Crippen LogP contribution in [0.25, 0.3) is 82.5 Å². The number of para-hydroxylation sites is 4. The van der Waals surface area contributed by atoms with Crippen LogP contribution in [0.5, 0.6) is 0 Å². The van der Waals surface area contributed by atoms with E-state index in [2.05, 4.69) is 143 Å². The summed E-state index contributed by atoms with van der Waals surface area (Å²) < 4.78 is 15.2. The van der Waals surface area contributed by atoms with E-state index in [1.54, 1.807) is 0 Å². The van der Waals surface area contributed by atoms with Crippen LogP contribution in [0.1, 0.15) is 22.9 Å². The maximum atomic E-state index is 6.59. The van der Waals surface area contributed by atoms with Crippen molar-refractivity contribution in [2.75, 3.05) is 0 Å².